The van der Waals surface area contributed by atoms with Crippen molar-refractivity contribution < 1.29 is 4.79 Å². The van der Waals surface area contributed by atoms with Crippen LogP contribution in [0.1, 0.15) is 0 Å². The van der Waals surface area contributed by atoms with Crippen LogP contribution in [-0.4, -0.2) is 6.29 Å². The standard InChI is InChI=1S/C9H6OS2/c10-5-9-8-4-2-1-3-7(8)6-11-12-9/h1-6H. The van der Waals surface area contributed by atoms with Crippen LogP contribution in [0.25, 0.3) is 10.3 Å². The molecule has 0 saturated carbocycles. The van der Waals surface area contributed by atoms with Crippen molar-refractivity contribution in [1.82, 2.24) is 0 Å². The van der Waals surface area contributed by atoms with Crippen molar-refractivity contribution in [2.45, 2.75) is 0 Å². The number of aldehydes is 1. The summed E-state index contributed by atoms with van der Waals surface area (Å²) in [6, 6.07) is 7.93. The van der Waals surface area contributed by atoms with E-state index in [1.54, 1.807) is 10.8 Å². The molecule has 2 rings (SSSR count). The number of hydrogen-bond acceptors (Lipinski definition) is 3. The molecule has 0 N–H and O–H groups in total. The molecule has 1 aliphatic rings. The van der Waals surface area contributed by atoms with Crippen LogP contribution in [-0.2, 0) is 4.79 Å². The topological polar surface area (TPSA) is 17.1 Å². The molecular weight excluding hydrogens is 188 g/mol. The molecular formula is C9H6OS2. The van der Waals surface area contributed by atoms with E-state index in [2.05, 4.69) is 5.41 Å². The number of carbonyl (C=O) groups is 1. The van der Waals surface area contributed by atoms with Crippen LogP contribution >= 0.6 is 21.6 Å². The van der Waals surface area contributed by atoms with E-state index < -0.39 is 0 Å². The van der Waals surface area contributed by atoms with Crippen LogP contribution in [0, 0.1) is 0 Å². The van der Waals surface area contributed by atoms with Gasteiger partial charge in [0.15, 0.2) is 6.29 Å². The summed E-state index contributed by atoms with van der Waals surface area (Å²) in [5.41, 5.74) is 0. The van der Waals surface area contributed by atoms with Gasteiger partial charge in [0.05, 0.1) is 4.91 Å². The van der Waals surface area contributed by atoms with Gasteiger partial charge in [0.2, 0.25) is 0 Å². The highest BCUT2D eigenvalue weighted by atomic mass is 33.1. The van der Waals surface area contributed by atoms with Gasteiger partial charge >= 0.3 is 0 Å². The van der Waals surface area contributed by atoms with Crippen molar-refractivity contribution in [3.05, 3.63) is 34.7 Å². The van der Waals surface area contributed by atoms with Crippen molar-refractivity contribution in [3.8, 4) is 0 Å². The third-order valence-electron chi connectivity index (χ3n) is 1.65. The van der Waals surface area contributed by atoms with E-state index in [0.717, 1.165) is 21.6 Å². The lowest BCUT2D eigenvalue weighted by atomic mass is 10.2. The highest BCUT2D eigenvalue weighted by Crippen LogP contribution is 2.31. The van der Waals surface area contributed by atoms with Gasteiger partial charge in [0.1, 0.15) is 0 Å². The molecule has 0 atom stereocenters. The monoisotopic (exact) mass is 194 g/mol. The Bertz CT molecular complexity index is 422. The van der Waals surface area contributed by atoms with Crippen molar-refractivity contribution in [3.63, 3.8) is 0 Å². The number of benzene rings is 1. The van der Waals surface area contributed by atoms with Crippen molar-refractivity contribution in [1.29, 1.82) is 0 Å². The average Bonchev–Trinajstić information content (AvgIpc) is 2.17. The summed E-state index contributed by atoms with van der Waals surface area (Å²) in [5.74, 6) is 0. The fraction of sp³-hybridized carbons (Fsp3) is 0. The van der Waals surface area contributed by atoms with Gasteiger partial charge in [-0.3, -0.25) is 4.79 Å². The van der Waals surface area contributed by atoms with Gasteiger partial charge in [-0.05, 0) is 26.6 Å². The van der Waals surface area contributed by atoms with E-state index >= 15 is 0 Å². The molecule has 1 aromatic carbocycles. The Balaban J connectivity index is 2.87. The SMILES string of the molecule is O=CC1=c2ccccc2=CSS1. The van der Waals surface area contributed by atoms with E-state index in [0.29, 0.717) is 0 Å². The van der Waals surface area contributed by atoms with Gasteiger partial charge in [-0.25, -0.2) is 0 Å². The van der Waals surface area contributed by atoms with Crippen molar-refractivity contribution in [2.24, 2.45) is 0 Å². The summed E-state index contributed by atoms with van der Waals surface area (Å²) in [7, 11) is 3.11. The molecule has 0 unspecified atom stereocenters. The lowest BCUT2D eigenvalue weighted by Crippen LogP contribution is -2.26. The number of rotatable bonds is 1. The Kier molecular flexibility index (Phi) is 2.23. The summed E-state index contributed by atoms with van der Waals surface area (Å²) in [6.07, 6.45) is 0.920. The molecule has 0 saturated heterocycles. The Morgan fingerprint density at radius 3 is 2.92 bits per heavy atom. The zero-order valence-electron chi connectivity index (χ0n) is 6.19. The lowest BCUT2D eigenvalue weighted by Gasteiger charge is -2.02. The summed E-state index contributed by atoms with van der Waals surface area (Å²) in [5, 5.41) is 4.26. The largest absolute Gasteiger partial charge is 0.297 e. The van der Waals surface area contributed by atoms with Gasteiger partial charge in [0.25, 0.3) is 0 Å². The molecule has 1 heterocycles. The van der Waals surface area contributed by atoms with Gasteiger partial charge in [-0.2, -0.15) is 0 Å². The molecule has 0 bridgehead atoms. The number of fused-ring (bicyclic) bond motifs is 1. The quantitative estimate of drug-likeness (QED) is 0.493. The first-order valence-corrected chi connectivity index (χ1v) is 5.71. The zero-order valence-corrected chi connectivity index (χ0v) is 7.82. The molecule has 12 heavy (non-hydrogen) atoms. The van der Waals surface area contributed by atoms with Crippen LogP contribution < -0.4 is 10.4 Å². The second kappa shape index (κ2) is 3.37. The fourth-order valence-electron chi connectivity index (χ4n) is 1.08. The van der Waals surface area contributed by atoms with Gasteiger partial charge < -0.3 is 0 Å². The molecule has 0 spiro atoms. The third kappa shape index (κ3) is 1.30. The first-order valence-electron chi connectivity index (χ1n) is 3.50. The molecule has 0 aromatic heterocycles. The second-order valence-corrected chi connectivity index (χ2v) is 4.48. The molecule has 0 radical (unpaired) electrons. The van der Waals surface area contributed by atoms with Crippen LogP contribution in [0.3, 0.4) is 0 Å². The zero-order chi connectivity index (χ0) is 8.39. The van der Waals surface area contributed by atoms with Crippen molar-refractivity contribution >= 4 is 38.2 Å². The maximum Gasteiger partial charge on any atom is 0.157 e. The van der Waals surface area contributed by atoms with Gasteiger partial charge in [0, 0.05) is 0 Å². The van der Waals surface area contributed by atoms with Gasteiger partial charge in [-0.1, -0.05) is 35.1 Å². The minimum absolute atomic E-state index is 0.818. The molecule has 0 fully saturated rings. The van der Waals surface area contributed by atoms with E-state index in [1.807, 2.05) is 24.3 Å². The molecule has 1 nitrogen and oxygen atoms in total. The Morgan fingerprint density at radius 2 is 2.08 bits per heavy atom. The molecule has 1 aromatic rings. The number of hydrogen-bond donors (Lipinski definition) is 0. The molecule has 0 amide bonds. The van der Waals surface area contributed by atoms with Gasteiger partial charge in [-0.15, -0.1) is 0 Å². The fourth-order valence-corrected chi connectivity index (χ4v) is 3.01. The molecule has 60 valence electrons. The third-order valence-corrected chi connectivity index (χ3v) is 3.70. The van der Waals surface area contributed by atoms with E-state index in [-0.39, 0.29) is 0 Å². The van der Waals surface area contributed by atoms with Crippen LogP contribution in [0.4, 0.5) is 0 Å². The lowest BCUT2D eigenvalue weighted by molar-refractivity contribution is -0.103. The predicted octanol–water partition coefficient (Wildman–Crippen LogP) is 1.13. The first-order chi connectivity index (χ1) is 5.92. The normalized spacial score (nSPS) is 14.8. The molecule has 1 aliphatic heterocycles. The van der Waals surface area contributed by atoms with E-state index in [4.69, 9.17) is 0 Å². The minimum Gasteiger partial charge on any atom is -0.297 e. The first kappa shape index (κ1) is 7.95. The minimum atomic E-state index is 0.818. The highest BCUT2D eigenvalue weighted by molar-refractivity contribution is 8.83. The van der Waals surface area contributed by atoms with E-state index in [9.17, 15) is 4.79 Å². The summed E-state index contributed by atoms with van der Waals surface area (Å²) >= 11 is 0. The Hall–Kier alpha value is -0.670. The van der Waals surface area contributed by atoms with Crippen molar-refractivity contribution in [2.75, 3.05) is 0 Å². The van der Waals surface area contributed by atoms with Crippen LogP contribution in [0.15, 0.2) is 24.3 Å². The van der Waals surface area contributed by atoms with Crippen LogP contribution in [0.2, 0.25) is 0 Å². The average molecular weight is 194 g/mol. The summed E-state index contributed by atoms with van der Waals surface area (Å²) in [6.45, 7) is 0. The molecule has 3 heteroatoms. The number of carbonyl (C=O) groups excluding carboxylic acids is 1. The van der Waals surface area contributed by atoms with E-state index in [1.165, 1.54) is 10.8 Å². The second-order valence-electron chi connectivity index (χ2n) is 2.37. The smallest absolute Gasteiger partial charge is 0.157 e. The molecule has 0 aliphatic carbocycles. The Labute approximate surface area is 77.9 Å². The summed E-state index contributed by atoms with van der Waals surface area (Å²) < 4.78 is 0. The summed E-state index contributed by atoms with van der Waals surface area (Å²) in [4.78, 5) is 11.5. The predicted molar refractivity (Wildman–Crippen MR) is 54.8 cm³/mol. The Morgan fingerprint density at radius 1 is 1.25 bits per heavy atom. The maximum absolute atomic E-state index is 10.6. The van der Waals surface area contributed by atoms with Crippen LogP contribution in [0.5, 0.6) is 0 Å². The highest BCUT2D eigenvalue weighted by Gasteiger charge is 2.02. The maximum atomic E-state index is 10.6.